The molecule has 2 heterocycles. The SMILES string of the molecule is C[C@@H]1CN([C@H](C)CO)C(=O)c2cc(NS(=O)(=O)c3ccc(F)cc3)ccc2O[C@@H](C)CCCCO[C@H]1CN(C)C(=O)Nc1ccc2c(c1)OCO2. The highest BCUT2D eigenvalue weighted by Gasteiger charge is 2.31. The monoisotopic (exact) mass is 728 g/mol. The summed E-state index contributed by atoms with van der Waals surface area (Å²) in [4.78, 5) is 30.5. The number of carbonyl (C=O) groups is 2. The average molecular weight is 729 g/mol. The number of likely N-dealkylation sites (N-methyl/N-ethyl adjacent to an activating group) is 1. The number of anilines is 2. The van der Waals surface area contributed by atoms with Crippen LogP contribution in [0.15, 0.2) is 65.6 Å². The van der Waals surface area contributed by atoms with Crippen LogP contribution in [0, 0.1) is 11.7 Å². The van der Waals surface area contributed by atoms with Crippen LogP contribution < -0.4 is 24.2 Å². The van der Waals surface area contributed by atoms with Crippen LogP contribution >= 0.6 is 0 Å². The maximum atomic E-state index is 14.4. The lowest BCUT2D eigenvalue weighted by molar-refractivity contribution is -0.0115. The maximum Gasteiger partial charge on any atom is 0.321 e. The van der Waals surface area contributed by atoms with Crippen molar-refractivity contribution in [2.75, 3.05) is 50.2 Å². The number of halogens is 1. The summed E-state index contributed by atoms with van der Waals surface area (Å²) in [5.74, 6) is 0.0387. The Morgan fingerprint density at radius 1 is 1.02 bits per heavy atom. The number of urea groups is 1. The second kappa shape index (κ2) is 16.6. The van der Waals surface area contributed by atoms with Gasteiger partial charge in [0.15, 0.2) is 11.5 Å². The fraction of sp³-hybridized carbons (Fsp3) is 0.444. The number of fused-ring (bicyclic) bond motifs is 2. The van der Waals surface area contributed by atoms with Crippen molar-refractivity contribution >= 4 is 33.3 Å². The van der Waals surface area contributed by atoms with Crippen LogP contribution in [0.4, 0.5) is 20.6 Å². The van der Waals surface area contributed by atoms with Gasteiger partial charge in [-0.3, -0.25) is 9.52 Å². The second-order valence-electron chi connectivity index (χ2n) is 12.9. The number of aliphatic hydroxyl groups excluding tert-OH is 1. The Bertz CT molecular complexity index is 1790. The lowest BCUT2D eigenvalue weighted by Crippen LogP contribution is -2.48. The van der Waals surface area contributed by atoms with Gasteiger partial charge in [-0.05, 0) is 87.7 Å². The molecule has 0 radical (unpaired) electrons. The van der Waals surface area contributed by atoms with Crippen molar-refractivity contribution in [3.05, 3.63) is 72.0 Å². The van der Waals surface area contributed by atoms with E-state index >= 15 is 0 Å². The van der Waals surface area contributed by atoms with Gasteiger partial charge in [0.2, 0.25) is 6.79 Å². The first-order valence-corrected chi connectivity index (χ1v) is 18.4. The molecule has 0 bridgehead atoms. The third kappa shape index (κ3) is 9.60. The molecule has 15 heteroatoms. The number of rotatable bonds is 8. The maximum absolute atomic E-state index is 14.4. The van der Waals surface area contributed by atoms with E-state index in [9.17, 15) is 27.5 Å². The largest absolute Gasteiger partial charge is 0.490 e. The van der Waals surface area contributed by atoms with Gasteiger partial charge in [0.05, 0.1) is 35.3 Å². The van der Waals surface area contributed by atoms with E-state index in [-0.39, 0.29) is 66.4 Å². The van der Waals surface area contributed by atoms with Crippen LogP contribution in [0.3, 0.4) is 0 Å². The minimum absolute atomic E-state index is 0.100. The van der Waals surface area contributed by atoms with Crippen molar-refractivity contribution < 1.29 is 46.5 Å². The average Bonchev–Trinajstić information content (AvgIpc) is 3.57. The summed E-state index contributed by atoms with van der Waals surface area (Å²) in [6.07, 6.45) is 1.39. The third-order valence-corrected chi connectivity index (χ3v) is 10.2. The van der Waals surface area contributed by atoms with Gasteiger partial charge in [-0.25, -0.2) is 17.6 Å². The molecule has 276 valence electrons. The first-order valence-electron chi connectivity index (χ1n) is 16.9. The molecule has 0 saturated heterocycles. The number of aliphatic hydroxyl groups is 1. The summed E-state index contributed by atoms with van der Waals surface area (Å²) >= 11 is 0. The molecule has 3 amide bonds. The summed E-state index contributed by atoms with van der Waals surface area (Å²) in [7, 11) is -2.45. The van der Waals surface area contributed by atoms with E-state index in [1.807, 2.05) is 13.8 Å². The van der Waals surface area contributed by atoms with Crippen LogP contribution in [0.25, 0.3) is 0 Å². The van der Waals surface area contributed by atoms with Crippen molar-refractivity contribution in [3.8, 4) is 17.2 Å². The van der Waals surface area contributed by atoms with Crippen molar-refractivity contribution in [3.63, 3.8) is 0 Å². The van der Waals surface area contributed by atoms with Crippen LogP contribution in [0.2, 0.25) is 0 Å². The van der Waals surface area contributed by atoms with Gasteiger partial charge >= 0.3 is 6.03 Å². The zero-order chi connectivity index (χ0) is 36.7. The number of sulfonamides is 1. The topological polar surface area (TPSA) is 156 Å². The fourth-order valence-electron chi connectivity index (χ4n) is 5.82. The van der Waals surface area contributed by atoms with Crippen LogP contribution in [0.1, 0.15) is 50.4 Å². The molecule has 4 atom stereocenters. The molecule has 5 rings (SSSR count). The number of benzene rings is 3. The molecule has 0 aromatic heterocycles. The molecule has 2 aliphatic heterocycles. The van der Waals surface area contributed by atoms with Gasteiger partial charge in [0, 0.05) is 50.1 Å². The molecule has 2 aliphatic rings. The molecule has 13 nitrogen and oxygen atoms in total. The lowest BCUT2D eigenvalue weighted by Gasteiger charge is -2.35. The minimum atomic E-state index is -4.11. The Kier molecular flexibility index (Phi) is 12.3. The number of ether oxygens (including phenoxy) is 4. The van der Waals surface area contributed by atoms with E-state index in [0.29, 0.717) is 30.2 Å². The standard InChI is InChI=1S/C36H45FN4O9S/c1-23-19-41(24(2)21-42)35(43)30-17-28(39-51(45,46)29-12-8-26(37)9-13-29)11-14-31(30)50-25(3)7-5-6-16-47-34(23)20-40(4)36(44)38-27-10-15-32-33(18-27)49-22-48-32/h8-15,17-18,23-25,34,39,42H,5-7,16,19-22H2,1-4H3,(H,38,44)/t23-,24-,25+,34+/m1/s1. The smallest absolute Gasteiger partial charge is 0.321 e. The number of nitrogens with zero attached hydrogens (tertiary/aromatic N) is 2. The van der Waals surface area contributed by atoms with Gasteiger partial charge in [0.25, 0.3) is 15.9 Å². The van der Waals surface area contributed by atoms with Crippen molar-refractivity contribution in [2.45, 2.75) is 63.2 Å². The summed E-state index contributed by atoms with van der Waals surface area (Å²) in [5.41, 5.74) is 0.743. The summed E-state index contributed by atoms with van der Waals surface area (Å²) < 4.78 is 65.5. The Hall–Kier alpha value is -4.60. The predicted octanol–water partition coefficient (Wildman–Crippen LogP) is 5.31. The zero-order valence-electron chi connectivity index (χ0n) is 29.1. The molecule has 0 spiro atoms. The predicted molar refractivity (Wildman–Crippen MR) is 188 cm³/mol. The minimum Gasteiger partial charge on any atom is -0.490 e. The summed E-state index contributed by atoms with van der Waals surface area (Å²) in [6, 6.07) is 13.0. The molecule has 0 saturated carbocycles. The third-order valence-electron chi connectivity index (χ3n) is 8.85. The Morgan fingerprint density at radius 2 is 1.73 bits per heavy atom. The molecule has 0 fully saturated rings. The Labute approximate surface area is 297 Å². The number of hydrogen-bond acceptors (Lipinski definition) is 9. The summed E-state index contributed by atoms with van der Waals surface area (Å²) in [5, 5.41) is 13.1. The lowest BCUT2D eigenvalue weighted by atomic mass is 10.0. The second-order valence-corrected chi connectivity index (χ2v) is 14.6. The molecule has 51 heavy (non-hydrogen) atoms. The Balaban J connectivity index is 1.39. The van der Waals surface area contributed by atoms with Gasteiger partial charge in [-0.2, -0.15) is 0 Å². The van der Waals surface area contributed by atoms with E-state index in [2.05, 4.69) is 10.0 Å². The molecular weight excluding hydrogens is 683 g/mol. The normalized spacial score (nSPS) is 20.4. The first-order chi connectivity index (χ1) is 24.3. The fourth-order valence-corrected chi connectivity index (χ4v) is 6.87. The molecule has 3 aromatic rings. The molecule has 0 aliphatic carbocycles. The van der Waals surface area contributed by atoms with Crippen LogP contribution in [-0.4, -0.2) is 93.7 Å². The highest BCUT2D eigenvalue weighted by Crippen LogP contribution is 2.34. The number of hydrogen-bond donors (Lipinski definition) is 3. The van der Waals surface area contributed by atoms with Gasteiger partial charge in [-0.1, -0.05) is 6.92 Å². The quantitative estimate of drug-likeness (QED) is 0.280. The highest BCUT2D eigenvalue weighted by atomic mass is 32.2. The van der Waals surface area contributed by atoms with E-state index in [4.69, 9.17) is 18.9 Å². The summed E-state index contributed by atoms with van der Waals surface area (Å²) in [6.45, 7) is 6.06. The first kappa shape index (κ1) is 37.7. The molecule has 3 N–H and O–H groups in total. The highest BCUT2D eigenvalue weighted by molar-refractivity contribution is 7.92. The zero-order valence-corrected chi connectivity index (χ0v) is 30.0. The van der Waals surface area contributed by atoms with Gasteiger partial charge < -0.3 is 39.2 Å². The van der Waals surface area contributed by atoms with E-state index in [1.54, 1.807) is 38.2 Å². The molecule has 0 unspecified atom stereocenters. The number of nitrogens with one attached hydrogen (secondary N) is 2. The van der Waals surface area contributed by atoms with Crippen molar-refractivity contribution in [1.29, 1.82) is 0 Å². The molecule has 3 aromatic carbocycles. The van der Waals surface area contributed by atoms with Crippen molar-refractivity contribution in [1.82, 2.24) is 9.80 Å². The number of amides is 3. The van der Waals surface area contributed by atoms with E-state index in [1.165, 1.54) is 21.9 Å². The van der Waals surface area contributed by atoms with E-state index in [0.717, 1.165) is 37.1 Å². The Morgan fingerprint density at radius 3 is 2.47 bits per heavy atom. The van der Waals surface area contributed by atoms with Crippen molar-refractivity contribution in [2.24, 2.45) is 5.92 Å². The van der Waals surface area contributed by atoms with Gasteiger partial charge in [0.1, 0.15) is 11.6 Å². The van der Waals surface area contributed by atoms with Crippen LogP contribution in [0.5, 0.6) is 17.2 Å². The molecular formula is C36H45FN4O9S. The van der Waals surface area contributed by atoms with E-state index < -0.39 is 33.9 Å². The van der Waals surface area contributed by atoms with Crippen LogP contribution in [-0.2, 0) is 14.8 Å². The van der Waals surface area contributed by atoms with Gasteiger partial charge in [-0.15, -0.1) is 0 Å². The number of carbonyl (C=O) groups excluding carboxylic acids is 2.